The maximum Gasteiger partial charge on any atom is 0.222 e. The highest BCUT2D eigenvalue weighted by Crippen LogP contribution is 2.16. The van der Waals surface area contributed by atoms with E-state index in [1.807, 2.05) is 54.6 Å². The summed E-state index contributed by atoms with van der Waals surface area (Å²) in [5, 5.41) is 6.11. The number of rotatable bonds is 7. The number of ether oxygens (including phenoxy) is 1. The van der Waals surface area contributed by atoms with E-state index >= 15 is 0 Å². The highest BCUT2D eigenvalue weighted by molar-refractivity contribution is 5.76. The van der Waals surface area contributed by atoms with Crippen molar-refractivity contribution in [1.29, 1.82) is 0 Å². The van der Waals surface area contributed by atoms with Gasteiger partial charge in [-0.25, -0.2) is 0 Å². The van der Waals surface area contributed by atoms with Gasteiger partial charge in [0, 0.05) is 31.3 Å². The number of anilines is 1. The van der Waals surface area contributed by atoms with Gasteiger partial charge in [-0.15, -0.1) is 0 Å². The lowest BCUT2D eigenvalue weighted by atomic mass is 10.2. The summed E-state index contributed by atoms with van der Waals surface area (Å²) in [4.78, 5) is 11.8. The van der Waals surface area contributed by atoms with E-state index in [9.17, 15) is 4.79 Å². The monoisotopic (exact) mass is 284 g/mol. The fraction of sp³-hybridized carbons (Fsp3) is 0.235. The molecule has 0 fully saturated rings. The Labute approximate surface area is 125 Å². The molecular weight excluding hydrogens is 264 g/mol. The van der Waals surface area contributed by atoms with E-state index in [4.69, 9.17) is 4.74 Å². The first-order valence-electron chi connectivity index (χ1n) is 6.96. The molecule has 0 bridgehead atoms. The Bertz CT molecular complexity index is 570. The minimum Gasteiger partial charge on any atom is -0.497 e. The third kappa shape index (κ3) is 5.18. The van der Waals surface area contributed by atoms with E-state index in [0.29, 0.717) is 19.5 Å². The molecule has 21 heavy (non-hydrogen) atoms. The Morgan fingerprint density at radius 2 is 1.90 bits per heavy atom. The van der Waals surface area contributed by atoms with Crippen molar-refractivity contribution in [3.8, 4) is 5.75 Å². The zero-order valence-electron chi connectivity index (χ0n) is 12.1. The van der Waals surface area contributed by atoms with Gasteiger partial charge in [0.1, 0.15) is 5.75 Å². The average molecular weight is 284 g/mol. The third-order valence-electron chi connectivity index (χ3n) is 3.08. The summed E-state index contributed by atoms with van der Waals surface area (Å²) in [5.41, 5.74) is 2.05. The summed E-state index contributed by atoms with van der Waals surface area (Å²) in [6.07, 6.45) is 0.435. The molecule has 2 rings (SSSR count). The molecule has 0 aliphatic heterocycles. The molecule has 4 nitrogen and oxygen atoms in total. The number of benzene rings is 2. The first-order chi connectivity index (χ1) is 10.3. The van der Waals surface area contributed by atoms with E-state index in [-0.39, 0.29) is 5.91 Å². The van der Waals surface area contributed by atoms with Crippen molar-refractivity contribution in [3.05, 3.63) is 60.2 Å². The van der Waals surface area contributed by atoms with Crippen LogP contribution in [0.2, 0.25) is 0 Å². The molecule has 0 aliphatic rings. The second kappa shape index (κ2) is 7.94. The van der Waals surface area contributed by atoms with Crippen LogP contribution in [-0.4, -0.2) is 19.6 Å². The molecule has 2 aromatic carbocycles. The van der Waals surface area contributed by atoms with Gasteiger partial charge in [0.05, 0.1) is 7.11 Å². The van der Waals surface area contributed by atoms with Crippen molar-refractivity contribution in [2.24, 2.45) is 0 Å². The zero-order chi connectivity index (χ0) is 14.9. The van der Waals surface area contributed by atoms with Gasteiger partial charge in [0.15, 0.2) is 0 Å². The maximum absolute atomic E-state index is 11.8. The summed E-state index contributed by atoms with van der Waals surface area (Å²) in [6.45, 7) is 1.16. The lowest BCUT2D eigenvalue weighted by Crippen LogP contribution is -2.24. The molecule has 2 N–H and O–H groups in total. The second-order valence-corrected chi connectivity index (χ2v) is 4.67. The largest absolute Gasteiger partial charge is 0.497 e. The number of hydrogen-bond acceptors (Lipinski definition) is 3. The van der Waals surface area contributed by atoms with Gasteiger partial charge in [-0.2, -0.15) is 0 Å². The maximum atomic E-state index is 11.8. The van der Waals surface area contributed by atoms with Crippen molar-refractivity contribution in [2.75, 3.05) is 19.0 Å². The molecule has 2 aromatic rings. The predicted octanol–water partition coefficient (Wildman–Crippen LogP) is 2.81. The van der Waals surface area contributed by atoms with Crippen molar-refractivity contribution >= 4 is 11.6 Å². The summed E-state index contributed by atoms with van der Waals surface area (Å²) in [7, 11) is 1.64. The SMILES string of the molecule is COc1cccc(NCCC(=O)NCc2ccccc2)c1. The first-order valence-corrected chi connectivity index (χ1v) is 6.96. The molecule has 0 aromatic heterocycles. The fourth-order valence-electron chi connectivity index (χ4n) is 1.94. The van der Waals surface area contributed by atoms with Crippen LogP contribution in [-0.2, 0) is 11.3 Å². The van der Waals surface area contributed by atoms with Crippen molar-refractivity contribution in [3.63, 3.8) is 0 Å². The average Bonchev–Trinajstić information content (AvgIpc) is 2.54. The lowest BCUT2D eigenvalue weighted by Gasteiger charge is -2.08. The number of hydrogen-bond donors (Lipinski definition) is 2. The molecule has 0 radical (unpaired) electrons. The second-order valence-electron chi connectivity index (χ2n) is 4.67. The Kier molecular flexibility index (Phi) is 5.64. The minimum atomic E-state index is 0.0363. The third-order valence-corrected chi connectivity index (χ3v) is 3.08. The van der Waals surface area contributed by atoms with Crippen LogP contribution in [0.1, 0.15) is 12.0 Å². The lowest BCUT2D eigenvalue weighted by molar-refractivity contribution is -0.121. The normalized spacial score (nSPS) is 9.95. The standard InChI is InChI=1S/C17H20N2O2/c1-21-16-9-5-8-15(12-16)18-11-10-17(20)19-13-14-6-3-2-4-7-14/h2-9,12,18H,10-11,13H2,1H3,(H,19,20). The van der Waals surface area contributed by atoms with Gasteiger partial charge in [0.25, 0.3) is 0 Å². The fourth-order valence-corrected chi connectivity index (χ4v) is 1.94. The van der Waals surface area contributed by atoms with E-state index in [1.165, 1.54) is 0 Å². The van der Waals surface area contributed by atoms with Crippen LogP contribution in [0.5, 0.6) is 5.75 Å². The van der Waals surface area contributed by atoms with Gasteiger partial charge in [-0.3, -0.25) is 4.79 Å². The van der Waals surface area contributed by atoms with Gasteiger partial charge in [0.2, 0.25) is 5.91 Å². The van der Waals surface area contributed by atoms with Crippen molar-refractivity contribution in [2.45, 2.75) is 13.0 Å². The van der Waals surface area contributed by atoms with E-state index in [0.717, 1.165) is 17.0 Å². The molecule has 0 atom stereocenters. The molecule has 0 heterocycles. The molecule has 4 heteroatoms. The smallest absolute Gasteiger partial charge is 0.222 e. The summed E-state index contributed by atoms with van der Waals surface area (Å²) < 4.78 is 5.15. The van der Waals surface area contributed by atoms with Crippen LogP contribution in [0, 0.1) is 0 Å². The number of carbonyl (C=O) groups is 1. The predicted molar refractivity (Wildman–Crippen MR) is 84.4 cm³/mol. The Morgan fingerprint density at radius 1 is 1.10 bits per heavy atom. The van der Waals surface area contributed by atoms with Crippen LogP contribution in [0.3, 0.4) is 0 Å². The molecular formula is C17H20N2O2. The Morgan fingerprint density at radius 3 is 2.67 bits per heavy atom. The van der Waals surface area contributed by atoms with Crippen LogP contribution >= 0.6 is 0 Å². The van der Waals surface area contributed by atoms with Gasteiger partial charge < -0.3 is 15.4 Å². The summed E-state index contributed by atoms with van der Waals surface area (Å²) >= 11 is 0. The molecule has 0 aliphatic carbocycles. The van der Waals surface area contributed by atoms with Gasteiger partial charge in [-0.05, 0) is 17.7 Å². The van der Waals surface area contributed by atoms with Gasteiger partial charge >= 0.3 is 0 Å². The number of amides is 1. The van der Waals surface area contributed by atoms with Crippen LogP contribution < -0.4 is 15.4 Å². The minimum absolute atomic E-state index is 0.0363. The quantitative estimate of drug-likeness (QED) is 0.822. The molecule has 0 saturated heterocycles. The van der Waals surface area contributed by atoms with E-state index in [2.05, 4.69) is 10.6 Å². The highest BCUT2D eigenvalue weighted by Gasteiger charge is 2.01. The zero-order valence-corrected chi connectivity index (χ0v) is 12.1. The van der Waals surface area contributed by atoms with E-state index < -0.39 is 0 Å². The highest BCUT2D eigenvalue weighted by atomic mass is 16.5. The number of methoxy groups -OCH3 is 1. The molecule has 1 amide bonds. The van der Waals surface area contributed by atoms with Crippen LogP contribution in [0.4, 0.5) is 5.69 Å². The molecule has 0 spiro atoms. The number of nitrogens with one attached hydrogen (secondary N) is 2. The van der Waals surface area contributed by atoms with Crippen LogP contribution in [0.15, 0.2) is 54.6 Å². The summed E-state index contributed by atoms with van der Waals surface area (Å²) in [6, 6.07) is 17.5. The van der Waals surface area contributed by atoms with Crippen molar-refractivity contribution < 1.29 is 9.53 Å². The topological polar surface area (TPSA) is 50.4 Å². The van der Waals surface area contributed by atoms with Crippen LogP contribution in [0.25, 0.3) is 0 Å². The Hall–Kier alpha value is -2.49. The first kappa shape index (κ1) is 14.9. The summed E-state index contributed by atoms with van der Waals surface area (Å²) in [5.74, 6) is 0.836. The Balaban J connectivity index is 1.69. The van der Waals surface area contributed by atoms with Gasteiger partial charge in [-0.1, -0.05) is 36.4 Å². The van der Waals surface area contributed by atoms with Crippen molar-refractivity contribution in [1.82, 2.24) is 5.32 Å². The molecule has 0 unspecified atom stereocenters. The van der Waals surface area contributed by atoms with E-state index in [1.54, 1.807) is 7.11 Å². The molecule has 110 valence electrons. The molecule has 0 saturated carbocycles. The number of carbonyl (C=O) groups excluding carboxylic acids is 1.